The van der Waals surface area contributed by atoms with Crippen LogP contribution in [0.5, 0.6) is 5.75 Å². The number of hydrogen-bond donors (Lipinski definition) is 0. The fourth-order valence-electron chi connectivity index (χ4n) is 5.78. The molecule has 0 aromatic heterocycles. The molecule has 4 rings (SSSR count). The van der Waals surface area contributed by atoms with Gasteiger partial charge in [0.1, 0.15) is 5.82 Å². The molecule has 2 fully saturated rings. The molecule has 2 aromatic carbocycles. The predicted molar refractivity (Wildman–Crippen MR) is 106 cm³/mol. The van der Waals surface area contributed by atoms with Crippen molar-refractivity contribution in [3.05, 3.63) is 41.2 Å². The van der Waals surface area contributed by atoms with E-state index in [0.717, 1.165) is 31.1 Å². The van der Waals surface area contributed by atoms with Gasteiger partial charge in [0, 0.05) is 0 Å². The monoisotopic (exact) mass is 390 g/mol. The normalized spacial score (nSPS) is 27.6. The van der Waals surface area contributed by atoms with Gasteiger partial charge in [0.05, 0.1) is 12.5 Å². The molecule has 0 spiro atoms. The fraction of sp³-hybridized carbons (Fsp3) is 0.583. The number of methoxy groups -OCH3 is 1. The number of ether oxygens (including phenoxy) is 1. The van der Waals surface area contributed by atoms with Gasteiger partial charge < -0.3 is 4.74 Å². The summed E-state index contributed by atoms with van der Waals surface area (Å²) in [5.41, 5.74) is 0.546. The number of rotatable bonds is 4. The van der Waals surface area contributed by atoms with Crippen molar-refractivity contribution in [2.45, 2.75) is 64.2 Å². The van der Waals surface area contributed by atoms with Crippen molar-refractivity contribution in [2.24, 2.45) is 17.8 Å². The van der Waals surface area contributed by atoms with Crippen molar-refractivity contribution in [1.82, 2.24) is 0 Å². The summed E-state index contributed by atoms with van der Waals surface area (Å²) < 4.78 is 48.8. The minimum absolute atomic E-state index is 0.0953. The SMILES string of the molecule is CCCC1CCC2CC(c3ccc4cc(OC)c(F)c(F)c4c3F)CCC2C1. The van der Waals surface area contributed by atoms with Crippen LogP contribution in [0.25, 0.3) is 10.8 Å². The highest BCUT2D eigenvalue weighted by Crippen LogP contribution is 2.49. The smallest absolute Gasteiger partial charge is 0.201 e. The van der Waals surface area contributed by atoms with Crippen LogP contribution < -0.4 is 4.74 Å². The van der Waals surface area contributed by atoms with Crippen LogP contribution in [-0.2, 0) is 0 Å². The highest BCUT2D eigenvalue weighted by Gasteiger charge is 2.36. The van der Waals surface area contributed by atoms with Crippen molar-refractivity contribution < 1.29 is 17.9 Å². The first-order valence-corrected chi connectivity index (χ1v) is 10.7. The lowest BCUT2D eigenvalue weighted by Crippen LogP contribution is -2.30. The summed E-state index contributed by atoms with van der Waals surface area (Å²) in [6.07, 6.45) is 9.40. The van der Waals surface area contributed by atoms with Gasteiger partial charge in [-0.3, -0.25) is 0 Å². The summed E-state index contributed by atoms with van der Waals surface area (Å²) in [7, 11) is 1.28. The maximum absolute atomic E-state index is 15.3. The van der Waals surface area contributed by atoms with Crippen LogP contribution in [0, 0.1) is 35.2 Å². The lowest BCUT2D eigenvalue weighted by Gasteiger charge is -2.42. The molecule has 0 aliphatic heterocycles. The summed E-state index contributed by atoms with van der Waals surface area (Å²) in [6, 6.07) is 4.83. The summed E-state index contributed by atoms with van der Waals surface area (Å²) in [5, 5.41) is 0.0929. The fourth-order valence-corrected chi connectivity index (χ4v) is 5.78. The second-order valence-corrected chi connectivity index (χ2v) is 8.77. The van der Waals surface area contributed by atoms with Crippen molar-refractivity contribution in [1.29, 1.82) is 0 Å². The minimum atomic E-state index is -1.15. The molecule has 4 unspecified atom stereocenters. The van der Waals surface area contributed by atoms with E-state index < -0.39 is 17.5 Å². The average Bonchev–Trinajstić information content (AvgIpc) is 2.70. The minimum Gasteiger partial charge on any atom is -0.494 e. The number of halogens is 3. The number of hydrogen-bond acceptors (Lipinski definition) is 1. The molecule has 2 aliphatic carbocycles. The van der Waals surface area contributed by atoms with Gasteiger partial charge in [0.15, 0.2) is 11.6 Å². The van der Waals surface area contributed by atoms with Gasteiger partial charge in [-0.1, -0.05) is 38.3 Å². The number of fused-ring (bicyclic) bond motifs is 2. The van der Waals surface area contributed by atoms with Gasteiger partial charge in [-0.05, 0) is 72.8 Å². The average molecular weight is 390 g/mol. The van der Waals surface area contributed by atoms with E-state index in [4.69, 9.17) is 4.74 Å². The molecule has 4 heteroatoms. The molecule has 2 aromatic rings. The van der Waals surface area contributed by atoms with Gasteiger partial charge in [0.2, 0.25) is 5.82 Å². The Bertz CT molecular complexity index is 863. The van der Waals surface area contributed by atoms with Crippen molar-refractivity contribution >= 4 is 10.8 Å². The van der Waals surface area contributed by atoms with Gasteiger partial charge in [0.25, 0.3) is 0 Å². The zero-order chi connectivity index (χ0) is 19.8. The van der Waals surface area contributed by atoms with E-state index in [1.165, 1.54) is 45.3 Å². The molecule has 0 heterocycles. The van der Waals surface area contributed by atoms with E-state index in [0.29, 0.717) is 16.9 Å². The Balaban J connectivity index is 1.60. The number of benzene rings is 2. The van der Waals surface area contributed by atoms with Gasteiger partial charge in [-0.25, -0.2) is 8.78 Å². The molecule has 4 atom stereocenters. The molecule has 152 valence electrons. The highest BCUT2D eigenvalue weighted by molar-refractivity contribution is 5.86. The Labute approximate surface area is 165 Å². The van der Waals surface area contributed by atoms with E-state index >= 15 is 4.39 Å². The summed E-state index contributed by atoms with van der Waals surface area (Å²) in [5.74, 6) is -0.722. The van der Waals surface area contributed by atoms with Crippen LogP contribution in [0.15, 0.2) is 18.2 Å². The standard InChI is InChI=1S/C24H29F3O/c1-3-4-14-5-6-16-12-17(8-7-15(16)11-14)19-10-9-18-13-20(28-2)23(26)24(27)21(18)22(19)25/h9-10,13-17H,3-8,11-12H2,1-2H3. The van der Waals surface area contributed by atoms with E-state index in [-0.39, 0.29) is 17.1 Å². The highest BCUT2D eigenvalue weighted by atomic mass is 19.2. The van der Waals surface area contributed by atoms with Crippen LogP contribution >= 0.6 is 0 Å². The van der Waals surface area contributed by atoms with E-state index in [1.54, 1.807) is 12.1 Å². The van der Waals surface area contributed by atoms with Crippen LogP contribution in [-0.4, -0.2) is 7.11 Å². The van der Waals surface area contributed by atoms with E-state index in [1.807, 2.05) is 0 Å². The first kappa shape index (κ1) is 19.6. The maximum Gasteiger partial charge on any atom is 0.201 e. The Hall–Kier alpha value is -1.71. The molecule has 0 bridgehead atoms. The molecule has 0 amide bonds. The van der Waals surface area contributed by atoms with Gasteiger partial charge in [-0.2, -0.15) is 4.39 Å². The molecular weight excluding hydrogens is 361 g/mol. The maximum atomic E-state index is 15.3. The third-order valence-corrected chi connectivity index (χ3v) is 7.20. The van der Waals surface area contributed by atoms with Crippen molar-refractivity contribution in [3.63, 3.8) is 0 Å². The van der Waals surface area contributed by atoms with Gasteiger partial charge >= 0.3 is 0 Å². The third-order valence-electron chi connectivity index (χ3n) is 7.20. The lowest BCUT2D eigenvalue weighted by molar-refractivity contribution is 0.113. The molecule has 0 N–H and O–H groups in total. The second-order valence-electron chi connectivity index (χ2n) is 8.77. The molecule has 28 heavy (non-hydrogen) atoms. The lowest BCUT2D eigenvalue weighted by atomic mass is 9.63. The van der Waals surface area contributed by atoms with Crippen molar-refractivity contribution in [2.75, 3.05) is 7.11 Å². The van der Waals surface area contributed by atoms with Gasteiger partial charge in [-0.15, -0.1) is 0 Å². The molecular formula is C24H29F3O. The van der Waals surface area contributed by atoms with E-state index in [9.17, 15) is 8.78 Å². The quantitative estimate of drug-likeness (QED) is 0.530. The second kappa shape index (κ2) is 7.96. The molecule has 2 aliphatic rings. The third kappa shape index (κ3) is 3.40. The zero-order valence-electron chi connectivity index (χ0n) is 16.7. The zero-order valence-corrected chi connectivity index (χ0v) is 16.7. The molecule has 0 radical (unpaired) electrons. The van der Waals surface area contributed by atoms with Crippen molar-refractivity contribution in [3.8, 4) is 5.75 Å². The summed E-state index contributed by atoms with van der Waals surface area (Å²) >= 11 is 0. The summed E-state index contributed by atoms with van der Waals surface area (Å²) in [4.78, 5) is 0. The summed E-state index contributed by atoms with van der Waals surface area (Å²) in [6.45, 7) is 2.25. The van der Waals surface area contributed by atoms with E-state index in [2.05, 4.69) is 6.92 Å². The predicted octanol–water partition coefficient (Wildman–Crippen LogP) is 7.37. The first-order valence-electron chi connectivity index (χ1n) is 10.7. The largest absolute Gasteiger partial charge is 0.494 e. The molecule has 1 nitrogen and oxygen atoms in total. The van der Waals surface area contributed by atoms with Crippen LogP contribution in [0.4, 0.5) is 13.2 Å². The Morgan fingerprint density at radius 3 is 2.43 bits per heavy atom. The molecule has 2 saturated carbocycles. The Kier molecular flexibility index (Phi) is 5.57. The van der Waals surface area contributed by atoms with Crippen LogP contribution in [0.3, 0.4) is 0 Å². The Morgan fingerprint density at radius 2 is 1.68 bits per heavy atom. The van der Waals surface area contributed by atoms with Crippen LogP contribution in [0.2, 0.25) is 0 Å². The topological polar surface area (TPSA) is 9.23 Å². The van der Waals surface area contributed by atoms with Crippen LogP contribution in [0.1, 0.15) is 69.8 Å². The Morgan fingerprint density at radius 1 is 0.929 bits per heavy atom. The first-order chi connectivity index (χ1) is 13.5. The molecule has 0 saturated heterocycles.